The Hall–Kier alpha value is -1.22. The van der Waals surface area contributed by atoms with Crippen LogP contribution in [0.4, 0.5) is 0 Å². The van der Waals surface area contributed by atoms with Gasteiger partial charge in [0.1, 0.15) is 13.2 Å². The first kappa shape index (κ1) is 9.97. The van der Waals surface area contributed by atoms with Crippen molar-refractivity contribution in [3.8, 4) is 11.5 Å². The van der Waals surface area contributed by atoms with Crippen LogP contribution in [-0.2, 0) is 6.42 Å². The smallest absolute Gasteiger partial charge is 0.161 e. The minimum Gasteiger partial charge on any atom is -0.486 e. The molecule has 3 nitrogen and oxygen atoms in total. The number of nitrogens with two attached hydrogens (primary N) is 1. The number of ether oxygens (including phenoxy) is 2. The van der Waals surface area contributed by atoms with E-state index in [-0.39, 0.29) is 0 Å². The third kappa shape index (κ3) is 1.55. The number of rotatable bonds is 2. The average Bonchev–Trinajstić information content (AvgIpc) is 2.70. The molecule has 3 rings (SSSR count). The summed E-state index contributed by atoms with van der Waals surface area (Å²) in [4.78, 5) is 0. The molecule has 3 heteroatoms. The lowest BCUT2D eigenvalue weighted by Gasteiger charge is -2.20. The third-order valence-corrected chi connectivity index (χ3v) is 3.52. The molecule has 1 aliphatic heterocycles. The van der Waals surface area contributed by atoms with Crippen LogP contribution < -0.4 is 15.2 Å². The van der Waals surface area contributed by atoms with E-state index < -0.39 is 0 Å². The van der Waals surface area contributed by atoms with Gasteiger partial charge in [0.15, 0.2) is 11.5 Å². The molecule has 2 N–H and O–H groups in total. The summed E-state index contributed by atoms with van der Waals surface area (Å²) in [7, 11) is 0. The molecule has 1 unspecified atom stereocenters. The lowest BCUT2D eigenvalue weighted by molar-refractivity contribution is 0.171. The third-order valence-electron chi connectivity index (χ3n) is 3.52. The predicted octanol–water partition coefficient (Wildman–Crippen LogP) is 1.84. The highest BCUT2D eigenvalue weighted by Gasteiger charge is 2.25. The van der Waals surface area contributed by atoms with Gasteiger partial charge in [-0.1, -0.05) is 0 Å². The van der Waals surface area contributed by atoms with E-state index in [4.69, 9.17) is 15.2 Å². The normalized spacial score (nSPS) is 21.9. The molecule has 1 atom stereocenters. The maximum absolute atomic E-state index is 5.65. The van der Waals surface area contributed by atoms with E-state index in [1.165, 1.54) is 17.5 Å². The lowest BCUT2D eigenvalue weighted by atomic mass is 9.97. The molecule has 1 aromatic rings. The fourth-order valence-corrected chi connectivity index (χ4v) is 2.73. The van der Waals surface area contributed by atoms with Gasteiger partial charge in [-0.2, -0.15) is 0 Å². The summed E-state index contributed by atoms with van der Waals surface area (Å²) < 4.78 is 11.2. The summed E-state index contributed by atoms with van der Waals surface area (Å²) in [6, 6.07) is 4.32. The van der Waals surface area contributed by atoms with Crippen LogP contribution in [0.3, 0.4) is 0 Å². The number of aryl methyl sites for hydroxylation is 1. The number of benzene rings is 1. The average molecular weight is 219 g/mol. The first-order chi connectivity index (χ1) is 7.88. The van der Waals surface area contributed by atoms with Crippen molar-refractivity contribution in [3.05, 3.63) is 23.3 Å². The van der Waals surface area contributed by atoms with Crippen molar-refractivity contribution in [2.75, 3.05) is 19.8 Å². The summed E-state index contributed by atoms with van der Waals surface area (Å²) in [5.74, 6) is 2.45. The maximum atomic E-state index is 5.65. The Morgan fingerprint density at radius 3 is 2.69 bits per heavy atom. The lowest BCUT2D eigenvalue weighted by Crippen LogP contribution is -2.15. The molecule has 0 saturated carbocycles. The Labute approximate surface area is 95.5 Å². The van der Waals surface area contributed by atoms with E-state index in [1.807, 2.05) is 0 Å². The molecule has 0 saturated heterocycles. The fourth-order valence-electron chi connectivity index (χ4n) is 2.73. The van der Waals surface area contributed by atoms with Crippen LogP contribution in [0.2, 0.25) is 0 Å². The Morgan fingerprint density at radius 2 is 1.94 bits per heavy atom. The summed E-state index contributed by atoms with van der Waals surface area (Å²) in [5, 5.41) is 0. The summed E-state index contributed by atoms with van der Waals surface area (Å²) in [6.45, 7) is 2.09. The zero-order valence-electron chi connectivity index (χ0n) is 9.37. The van der Waals surface area contributed by atoms with Gasteiger partial charge >= 0.3 is 0 Å². The van der Waals surface area contributed by atoms with Crippen LogP contribution in [0, 0.1) is 0 Å². The molecular formula is C13H17NO2. The van der Waals surface area contributed by atoms with Gasteiger partial charge < -0.3 is 15.2 Å². The summed E-state index contributed by atoms with van der Waals surface area (Å²) >= 11 is 0. The van der Waals surface area contributed by atoms with E-state index in [0.29, 0.717) is 19.1 Å². The van der Waals surface area contributed by atoms with Crippen LogP contribution in [0.25, 0.3) is 0 Å². The number of fused-ring (bicyclic) bond motifs is 2. The van der Waals surface area contributed by atoms with Gasteiger partial charge in [-0.15, -0.1) is 0 Å². The van der Waals surface area contributed by atoms with E-state index in [2.05, 4.69) is 12.1 Å². The largest absolute Gasteiger partial charge is 0.486 e. The highest BCUT2D eigenvalue weighted by atomic mass is 16.6. The SMILES string of the molecule is NCCC1CCc2cc3c(cc21)OCCO3. The van der Waals surface area contributed by atoms with Crippen molar-refractivity contribution in [2.24, 2.45) is 5.73 Å². The predicted molar refractivity (Wildman–Crippen MR) is 62.2 cm³/mol. The molecule has 0 radical (unpaired) electrons. The first-order valence-corrected chi connectivity index (χ1v) is 6.01. The monoisotopic (exact) mass is 219 g/mol. The van der Waals surface area contributed by atoms with Gasteiger partial charge in [-0.25, -0.2) is 0 Å². The molecule has 1 heterocycles. The molecule has 0 aromatic heterocycles. The van der Waals surface area contributed by atoms with E-state index in [1.54, 1.807) is 0 Å². The van der Waals surface area contributed by atoms with Gasteiger partial charge in [-0.05, 0) is 55.0 Å². The first-order valence-electron chi connectivity index (χ1n) is 6.01. The topological polar surface area (TPSA) is 44.5 Å². The van der Waals surface area contributed by atoms with Crippen LogP contribution in [0.15, 0.2) is 12.1 Å². The van der Waals surface area contributed by atoms with Crippen LogP contribution in [0.1, 0.15) is 29.9 Å². The molecule has 0 bridgehead atoms. The Balaban J connectivity index is 1.97. The molecule has 0 fully saturated rings. The molecule has 0 spiro atoms. The summed E-state index contributed by atoms with van der Waals surface area (Å²) in [5.41, 5.74) is 8.49. The minimum absolute atomic E-state index is 0.621. The highest BCUT2D eigenvalue weighted by Crippen LogP contribution is 2.42. The standard InChI is InChI=1S/C13H17NO2/c14-4-3-9-1-2-10-7-12-13(8-11(9)10)16-6-5-15-12/h7-9H,1-6,14H2. The molecule has 1 aliphatic carbocycles. The van der Waals surface area contributed by atoms with Crippen molar-refractivity contribution in [1.82, 2.24) is 0 Å². The maximum Gasteiger partial charge on any atom is 0.161 e. The molecule has 1 aromatic carbocycles. The second-order valence-electron chi connectivity index (χ2n) is 4.51. The Morgan fingerprint density at radius 1 is 1.19 bits per heavy atom. The van der Waals surface area contributed by atoms with Crippen molar-refractivity contribution >= 4 is 0 Å². The second-order valence-corrected chi connectivity index (χ2v) is 4.51. The minimum atomic E-state index is 0.621. The van der Waals surface area contributed by atoms with Crippen molar-refractivity contribution in [2.45, 2.75) is 25.2 Å². The molecule has 0 amide bonds. The van der Waals surface area contributed by atoms with Gasteiger partial charge in [0.2, 0.25) is 0 Å². The van der Waals surface area contributed by atoms with Crippen LogP contribution in [0.5, 0.6) is 11.5 Å². The zero-order valence-corrected chi connectivity index (χ0v) is 9.37. The molecule has 86 valence electrons. The number of hydrogen-bond donors (Lipinski definition) is 1. The Bertz CT molecular complexity index is 403. The van der Waals surface area contributed by atoms with Gasteiger partial charge in [-0.3, -0.25) is 0 Å². The molecular weight excluding hydrogens is 202 g/mol. The van der Waals surface area contributed by atoms with Crippen molar-refractivity contribution in [3.63, 3.8) is 0 Å². The van der Waals surface area contributed by atoms with Gasteiger partial charge in [0, 0.05) is 0 Å². The summed E-state index contributed by atoms with van der Waals surface area (Å²) in [6.07, 6.45) is 3.44. The number of hydrogen-bond acceptors (Lipinski definition) is 3. The van der Waals surface area contributed by atoms with Crippen LogP contribution >= 0.6 is 0 Å². The van der Waals surface area contributed by atoms with Crippen molar-refractivity contribution < 1.29 is 9.47 Å². The Kier molecular flexibility index (Phi) is 2.48. The zero-order chi connectivity index (χ0) is 11.0. The molecule has 16 heavy (non-hydrogen) atoms. The van der Waals surface area contributed by atoms with E-state index >= 15 is 0 Å². The highest BCUT2D eigenvalue weighted by molar-refractivity contribution is 5.51. The fraction of sp³-hybridized carbons (Fsp3) is 0.538. The molecule has 2 aliphatic rings. The van der Waals surface area contributed by atoms with E-state index in [9.17, 15) is 0 Å². The van der Waals surface area contributed by atoms with Gasteiger partial charge in [0.05, 0.1) is 0 Å². The van der Waals surface area contributed by atoms with Crippen LogP contribution in [-0.4, -0.2) is 19.8 Å². The second kappa shape index (κ2) is 3.98. The van der Waals surface area contributed by atoms with E-state index in [0.717, 1.165) is 30.9 Å². The quantitative estimate of drug-likeness (QED) is 0.825. The van der Waals surface area contributed by atoms with Gasteiger partial charge in [0.25, 0.3) is 0 Å². The van der Waals surface area contributed by atoms with Crippen molar-refractivity contribution in [1.29, 1.82) is 0 Å².